The summed E-state index contributed by atoms with van der Waals surface area (Å²) in [7, 11) is 0. The van der Waals surface area contributed by atoms with Gasteiger partial charge in [0.1, 0.15) is 6.04 Å². The molecule has 1 rings (SSSR count). The topological polar surface area (TPSA) is 89.6 Å². The van der Waals surface area contributed by atoms with Gasteiger partial charge >= 0.3 is 11.9 Å². The third kappa shape index (κ3) is 3.19. The first kappa shape index (κ1) is 11.3. The Balaban J connectivity index is 2.15. The largest absolute Gasteiger partial charge is 0.480 e. The highest BCUT2D eigenvalue weighted by Gasteiger charge is 2.26. The fraction of sp³-hybridized carbons (Fsp3) is 0.750. The molecule has 14 heavy (non-hydrogen) atoms. The fourth-order valence-electron chi connectivity index (χ4n) is 1.10. The summed E-state index contributed by atoms with van der Waals surface area (Å²) in [6.07, 6.45) is 0.730. The summed E-state index contributed by atoms with van der Waals surface area (Å²) in [5, 5.41) is 8.50. The number of aliphatic carboxylic acids is 1. The van der Waals surface area contributed by atoms with Gasteiger partial charge in [0.15, 0.2) is 0 Å². The molecule has 1 saturated heterocycles. The Morgan fingerprint density at radius 2 is 2.50 bits per heavy atom. The van der Waals surface area contributed by atoms with Crippen molar-refractivity contribution in [1.29, 1.82) is 0 Å². The second-order valence-corrected chi connectivity index (χ2v) is 4.21. The van der Waals surface area contributed by atoms with Crippen LogP contribution in [-0.2, 0) is 14.3 Å². The van der Waals surface area contributed by atoms with Gasteiger partial charge in [-0.2, -0.15) is 11.8 Å². The Kier molecular flexibility index (Phi) is 4.21. The number of thioether (sulfide) groups is 1. The monoisotopic (exact) mass is 219 g/mol. The molecule has 0 spiro atoms. The van der Waals surface area contributed by atoms with E-state index in [4.69, 9.17) is 15.6 Å². The van der Waals surface area contributed by atoms with Crippen LogP contribution in [0, 0.1) is 5.92 Å². The van der Waals surface area contributed by atoms with Gasteiger partial charge in [0, 0.05) is 11.5 Å². The van der Waals surface area contributed by atoms with Crippen molar-refractivity contribution in [3.8, 4) is 0 Å². The zero-order valence-corrected chi connectivity index (χ0v) is 8.46. The summed E-state index contributed by atoms with van der Waals surface area (Å²) >= 11 is 1.38. The molecule has 1 heterocycles. The number of esters is 1. The van der Waals surface area contributed by atoms with Gasteiger partial charge in [-0.3, -0.25) is 9.59 Å². The lowest BCUT2D eigenvalue weighted by molar-refractivity contribution is -0.140. The van der Waals surface area contributed by atoms with Gasteiger partial charge in [-0.25, -0.2) is 0 Å². The normalized spacial score (nSPS) is 23.2. The number of carboxylic acids is 1. The summed E-state index contributed by atoms with van der Waals surface area (Å²) < 4.78 is 4.77. The quantitative estimate of drug-likeness (QED) is 0.617. The Morgan fingerprint density at radius 3 is 3.00 bits per heavy atom. The molecule has 0 aliphatic carbocycles. The molecule has 1 aliphatic heterocycles. The summed E-state index contributed by atoms with van der Waals surface area (Å²) in [6, 6.07) is -0.850. The van der Waals surface area contributed by atoms with Crippen molar-refractivity contribution in [1.82, 2.24) is 0 Å². The summed E-state index contributed by atoms with van der Waals surface area (Å²) in [4.78, 5) is 21.4. The van der Waals surface area contributed by atoms with Crippen molar-refractivity contribution in [2.24, 2.45) is 11.7 Å². The molecule has 0 radical (unpaired) electrons. The molecule has 6 heteroatoms. The van der Waals surface area contributed by atoms with Crippen LogP contribution in [-0.4, -0.2) is 41.2 Å². The lowest BCUT2D eigenvalue weighted by atomic mass is 10.1. The third-order valence-corrected chi connectivity index (χ3v) is 3.21. The minimum absolute atomic E-state index is 0.0824. The van der Waals surface area contributed by atoms with Crippen LogP contribution in [0.15, 0.2) is 0 Å². The molecule has 80 valence electrons. The molecule has 1 aliphatic rings. The number of hydrogen-bond donors (Lipinski definition) is 2. The predicted molar refractivity (Wildman–Crippen MR) is 52.0 cm³/mol. The van der Waals surface area contributed by atoms with E-state index in [2.05, 4.69) is 0 Å². The standard InChI is InChI=1S/C8H13NO4S/c9-6(7(10)11)4-14-3-5-1-2-13-8(5)12/h5-6H,1-4,9H2,(H,10,11)/t5-,6-/m0/s1. The van der Waals surface area contributed by atoms with E-state index in [0.29, 0.717) is 18.1 Å². The number of rotatable bonds is 5. The van der Waals surface area contributed by atoms with E-state index in [0.717, 1.165) is 6.42 Å². The number of ether oxygens (including phenoxy) is 1. The van der Waals surface area contributed by atoms with E-state index in [-0.39, 0.29) is 11.9 Å². The maximum Gasteiger partial charge on any atom is 0.321 e. The molecule has 2 atom stereocenters. The molecular formula is C8H13NO4S. The highest BCUT2D eigenvalue weighted by Crippen LogP contribution is 2.19. The fourth-order valence-corrected chi connectivity index (χ4v) is 2.22. The van der Waals surface area contributed by atoms with E-state index in [9.17, 15) is 9.59 Å². The van der Waals surface area contributed by atoms with Crippen LogP contribution in [0.5, 0.6) is 0 Å². The average Bonchev–Trinajstić information content (AvgIpc) is 2.51. The third-order valence-electron chi connectivity index (χ3n) is 1.98. The van der Waals surface area contributed by atoms with Gasteiger partial charge in [-0.1, -0.05) is 0 Å². The van der Waals surface area contributed by atoms with Gasteiger partial charge in [0.2, 0.25) is 0 Å². The molecule has 5 nitrogen and oxygen atoms in total. The number of nitrogens with two attached hydrogens (primary N) is 1. The van der Waals surface area contributed by atoms with Gasteiger partial charge in [0.05, 0.1) is 12.5 Å². The highest BCUT2D eigenvalue weighted by molar-refractivity contribution is 7.99. The van der Waals surface area contributed by atoms with Crippen LogP contribution in [0.25, 0.3) is 0 Å². The van der Waals surface area contributed by atoms with E-state index in [1.807, 2.05) is 0 Å². The van der Waals surface area contributed by atoms with Crippen molar-refractivity contribution in [2.45, 2.75) is 12.5 Å². The molecule has 0 aromatic carbocycles. The Hall–Kier alpha value is -0.750. The molecule has 0 bridgehead atoms. The van der Waals surface area contributed by atoms with E-state index in [1.165, 1.54) is 11.8 Å². The lowest BCUT2D eigenvalue weighted by Gasteiger charge is -2.07. The summed E-state index contributed by atoms with van der Waals surface area (Å²) in [5.74, 6) is -0.340. The molecule has 0 unspecified atom stereocenters. The zero-order valence-electron chi connectivity index (χ0n) is 7.64. The van der Waals surface area contributed by atoms with Crippen molar-refractivity contribution in [2.75, 3.05) is 18.1 Å². The second-order valence-electron chi connectivity index (χ2n) is 3.14. The number of hydrogen-bond acceptors (Lipinski definition) is 5. The number of carbonyl (C=O) groups is 2. The minimum Gasteiger partial charge on any atom is -0.480 e. The smallest absolute Gasteiger partial charge is 0.321 e. The molecule has 3 N–H and O–H groups in total. The Bertz CT molecular complexity index is 233. The maximum atomic E-state index is 11.0. The lowest BCUT2D eigenvalue weighted by Crippen LogP contribution is -2.32. The average molecular weight is 219 g/mol. The molecule has 0 aromatic heterocycles. The Labute approximate surface area is 86.0 Å². The zero-order chi connectivity index (χ0) is 10.6. The van der Waals surface area contributed by atoms with E-state index < -0.39 is 12.0 Å². The van der Waals surface area contributed by atoms with Crippen molar-refractivity contribution in [3.05, 3.63) is 0 Å². The number of cyclic esters (lactones) is 1. The van der Waals surface area contributed by atoms with Gasteiger partial charge in [-0.15, -0.1) is 0 Å². The summed E-state index contributed by atoms with van der Waals surface area (Å²) in [6.45, 7) is 0.481. The summed E-state index contributed by atoms with van der Waals surface area (Å²) in [5.41, 5.74) is 5.30. The van der Waals surface area contributed by atoms with Crippen LogP contribution >= 0.6 is 11.8 Å². The van der Waals surface area contributed by atoms with E-state index >= 15 is 0 Å². The van der Waals surface area contributed by atoms with Crippen LogP contribution in [0.1, 0.15) is 6.42 Å². The maximum absolute atomic E-state index is 11.0. The number of carboxylic acid groups (broad SMARTS) is 1. The van der Waals surface area contributed by atoms with Crippen LogP contribution in [0.3, 0.4) is 0 Å². The van der Waals surface area contributed by atoms with Crippen LogP contribution in [0.4, 0.5) is 0 Å². The first-order valence-corrected chi connectivity index (χ1v) is 5.49. The molecule has 0 amide bonds. The molecular weight excluding hydrogens is 206 g/mol. The van der Waals surface area contributed by atoms with Crippen molar-refractivity contribution < 1.29 is 19.4 Å². The first-order valence-electron chi connectivity index (χ1n) is 4.34. The van der Waals surface area contributed by atoms with Gasteiger partial charge in [-0.05, 0) is 6.42 Å². The SMILES string of the molecule is N[C@@H](CSC[C@@H]1CCOC1=O)C(=O)O. The molecule has 0 aromatic rings. The van der Waals surface area contributed by atoms with Crippen molar-refractivity contribution in [3.63, 3.8) is 0 Å². The minimum atomic E-state index is -1.01. The molecule has 1 fully saturated rings. The first-order chi connectivity index (χ1) is 6.61. The van der Waals surface area contributed by atoms with Gasteiger partial charge < -0.3 is 15.6 Å². The molecule has 0 saturated carbocycles. The predicted octanol–water partition coefficient (Wildman–Crippen LogP) is -0.305. The van der Waals surface area contributed by atoms with E-state index in [1.54, 1.807) is 0 Å². The second kappa shape index (κ2) is 5.21. The van der Waals surface area contributed by atoms with Gasteiger partial charge in [0.25, 0.3) is 0 Å². The Morgan fingerprint density at radius 1 is 1.79 bits per heavy atom. The van der Waals surface area contributed by atoms with Crippen LogP contribution < -0.4 is 5.73 Å². The highest BCUT2D eigenvalue weighted by atomic mass is 32.2. The van der Waals surface area contributed by atoms with Crippen molar-refractivity contribution >= 4 is 23.7 Å². The van der Waals surface area contributed by atoms with Crippen LogP contribution in [0.2, 0.25) is 0 Å². The number of carbonyl (C=O) groups excluding carboxylic acids is 1.